The summed E-state index contributed by atoms with van der Waals surface area (Å²) in [7, 11) is 0. The van der Waals surface area contributed by atoms with Gasteiger partial charge >= 0.3 is 6.03 Å². The molecule has 0 aliphatic heterocycles. The first-order valence-corrected chi connectivity index (χ1v) is 5.46. The van der Waals surface area contributed by atoms with Gasteiger partial charge in [-0.15, -0.1) is 0 Å². The first kappa shape index (κ1) is 12.6. The van der Waals surface area contributed by atoms with Crippen LogP contribution in [0.4, 0.5) is 10.5 Å². The third-order valence-electron chi connectivity index (χ3n) is 1.82. The summed E-state index contributed by atoms with van der Waals surface area (Å²) in [4.78, 5) is 11.4. The maximum Gasteiger partial charge on any atom is 0.323 e. The normalized spacial score (nSPS) is 10.8. The number of para-hydroxylation sites is 1. The van der Waals surface area contributed by atoms with E-state index in [1.54, 1.807) is 18.3 Å². The predicted molar refractivity (Wildman–Crippen MR) is 67.6 cm³/mol. The minimum atomic E-state index is -0.301. The summed E-state index contributed by atoms with van der Waals surface area (Å²) in [5.74, 6) is 0.403. The summed E-state index contributed by atoms with van der Waals surface area (Å²) >= 11 is 5.89. The van der Waals surface area contributed by atoms with Crippen molar-refractivity contribution in [3.05, 3.63) is 41.6 Å². The van der Waals surface area contributed by atoms with Crippen LogP contribution in [0.1, 0.15) is 13.8 Å². The summed E-state index contributed by atoms with van der Waals surface area (Å²) in [5, 5.41) is 5.77. The van der Waals surface area contributed by atoms with Crippen molar-refractivity contribution in [2.45, 2.75) is 13.8 Å². The van der Waals surface area contributed by atoms with Crippen LogP contribution in [-0.4, -0.2) is 6.03 Å². The first-order valence-electron chi connectivity index (χ1n) is 5.08. The zero-order valence-corrected chi connectivity index (χ0v) is 10.1. The minimum absolute atomic E-state index is 0.301. The molecule has 2 amide bonds. The molecule has 0 radical (unpaired) electrons. The lowest BCUT2D eigenvalue weighted by Crippen LogP contribution is -2.24. The molecule has 0 aromatic heterocycles. The zero-order chi connectivity index (χ0) is 12.0. The molecule has 1 aromatic rings. The Balaban J connectivity index is 2.49. The summed E-state index contributed by atoms with van der Waals surface area (Å²) in [6.45, 7) is 4.06. The Labute approximate surface area is 100 Å². The number of rotatable bonds is 3. The van der Waals surface area contributed by atoms with E-state index >= 15 is 0 Å². The molecule has 0 aliphatic carbocycles. The van der Waals surface area contributed by atoms with Crippen molar-refractivity contribution >= 4 is 23.3 Å². The molecule has 0 aliphatic rings. The molecule has 0 unspecified atom stereocenters. The lowest BCUT2D eigenvalue weighted by molar-refractivity contribution is 0.255. The molecular formula is C12H15ClN2O. The number of allylic oxidation sites excluding steroid dienone is 1. The quantitative estimate of drug-likeness (QED) is 0.830. The second kappa shape index (κ2) is 6.18. The van der Waals surface area contributed by atoms with Gasteiger partial charge in [-0.2, -0.15) is 0 Å². The summed E-state index contributed by atoms with van der Waals surface area (Å²) in [6.07, 6.45) is 3.52. The number of nitrogens with one attached hydrogen (secondary N) is 2. The van der Waals surface area contributed by atoms with E-state index in [1.165, 1.54) is 0 Å². The molecular weight excluding hydrogens is 224 g/mol. The highest BCUT2D eigenvalue weighted by atomic mass is 35.5. The number of carbonyl (C=O) groups excluding carboxylic acids is 1. The van der Waals surface area contributed by atoms with Crippen molar-refractivity contribution in [2.24, 2.45) is 5.92 Å². The van der Waals surface area contributed by atoms with E-state index in [0.29, 0.717) is 16.6 Å². The number of amides is 2. The fourth-order valence-corrected chi connectivity index (χ4v) is 1.22. The number of benzene rings is 1. The molecule has 2 N–H and O–H groups in total. The van der Waals surface area contributed by atoms with Gasteiger partial charge in [0, 0.05) is 6.20 Å². The van der Waals surface area contributed by atoms with Crippen LogP contribution in [0.3, 0.4) is 0 Å². The number of hydrogen-bond donors (Lipinski definition) is 2. The lowest BCUT2D eigenvalue weighted by Gasteiger charge is -2.06. The van der Waals surface area contributed by atoms with E-state index < -0.39 is 0 Å². The van der Waals surface area contributed by atoms with Crippen LogP contribution in [0, 0.1) is 5.92 Å². The van der Waals surface area contributed by atoms with Crippen molar-refractivity contribution in [2.75, 3.05) is 5.32 Å². The summed E-state index contributed by atoms with van der Waals surface area (Å²) in [5.41, 5.74) is 0.597. The Kier molecular flexibility index (Phi) is 4.86. The monoisotopic (exact) mass is 238 g/mol. The Hall–Kier alpha value is -1.48. The predicted octanol–water partition coefficient (Wildman–Crippen LogP) is 3.63. The topological polar surface area (TPSA) is 41.1 Å². The Morgan fingerprint density at radius 1 is 1.38 bits per heavy atom. The van der Waals surface area contributed by atoms with Crippen molar-refractivity contribution in [1.29, 1.82) is 0 Å². The van der Waals surface area contributed by atoms with Gasteiger partial charge in [-0.3, -0.25) is 0 Å². The fraction of sp³-hybridized carbons (Fsp3) is 0.250. The third kappa shape index (κ3) is 4.36. The van der Waals surface area contributed by atoms with Crippen LogP contribution in [0.25, 0.3) is 0 Å². The zero-order valence-electron chi connectivity index (χ0n) is 9.33. The molecule has 0 fully saturated rings. The number of urea groups is 1. The molecule has 1 aromatic carbocycles. The lowest BCUT2D eigenvalue weighted by atomic mass is 10.2. The van der Waals surface area contributed by atoms with Crippen LogP contribution >= 0.6 is 11.6 Å². The highest BCUT2D eigenvalue weighted by Gasteiger charge is 2.02. The molecule has 0 spiro atoms. The van der Waals surface area contributed by atoms with Crippen molar-refractivity contribution in [3.63, 3.8) is 0 Å². The van der Waals surface area contributed by atoms with Crippen LogP contribution in [0.2, 0.25) is 5.02 Å². The second-order valence-corrected chi connectivity index (χ2v) is 4.09. The van der Waals surface area contributed by atoms with Gasteiger partial charge in [-0.05, 0) is 18.1 Å². The van der Waals surface area contributed by atoms with Crippen LogP contribution in [0.5, 0.6) is 0 Å². The van der Waals surface area contributed by atoms with Gasteiger partial charge < -0.3 is 10.6 Å². The maximum atomic E-state index is 11.4. The largest absolute Gasteiger partial charge is 0.323 e. The van der Waals surface area contributed by atoms with Crippen LogP contribution < -0.4 is 10.6 Å². The smallest absolute Gasteiger partial charge is 0.315 e. The Morgan fingerprint density at radius 3 is 2.69 bits per heavy atom. The molecule has 0 atom stereocenters. The number of anilines is 1. The van der Waals surface area contributed by atoms with Gasteiger partial charge in [-0.25, -0.2) is 4.79 Å². The van der Waals surface area contributed by atoms with E-state index in [4.69, 9.17) is 11.6 Å². The Morgan fingerprint density at radius 2 is 2.06 bits per heavy atom. The van der Waals surface area contributed by atoms with Crippen LogP contribution in [-0.2, 0) is 0 Å². The number of hydrogen-bond acceptors (Lipinski definition) is 1. The standard InChI is InChI=1S/C12H15ClN2O/c1-9(2)7-8-14-12(16)15-11-6-4-3-5-10(11)13/h3-9H,1-2H3,(H2,14,15,16)/b8-7+. The summed E-state index contributed by atoms with van der Waals surface area (Å²) < 4.78 is 0. The maximum absolute atomic E-state index is 11.4. The molecule has 0 bridgehead atoms. The molecule has 3 nitrogen and oxygen atoms in total. The van der Waals surface area contributed by atoms with Gasteiger partial charge in [0.2, 0.25) is 0 Å². The average molecular weight is 239 g/mol. The average Bonchev–Trinajstić information content (AvgIpc) is 2.21. The SMILES string of the molecule is CC(C)/C=C/NC(=O)Nc1ccccc1Cl. The van der Waals surface area contributed by atoms with Gasteiger partial charge in [-0.1, -0.05) is 43.7 Å². The molecule has 0 saturated carbocycles. The van der Waals surface area contributed by atoms with Crippen molar-refractivity contribution in [1.82, 2.24) is 5.32 Å². The molecule has 0 heterocycles. The number of carbonyl (C=O) groups is 1. The van der Waals surface area contributed by atoms with Crippen molar-refractivity contribution in [3.8, 4) is 0 Å². The van der Waals surface area contributed by atoms with Gasteiger partial charge in [0.15, 0.2) is 0 Å². The molecule has 0 saturated heterocycles. The fourth-order valence-electron chi connectivity index (χ4n) is 1.04. The Bertz CT molecular complexity index is 388. The molecule has 86 valence electrons. The first-order chi connectivity index (χ1) is 7.59. The molecule has 1 rings (SSSR count). The molecule has 4 heteroatoms. The van der Waals surface area contributed by atoms with E-state index in [9.17, 15) is 4.79 Å². The number of halogens is 1. The highest BCUT2D eigenvalue weighted by molar-refractivity contribution is 6.33. The highest BCUT2D eigenvalue weighted by Crippen LogP contribution is 2.19. The van der Waals surface area contributed by atoms with E-state index in [-0.39, 0.29) is 6.03 Å². The second-order valence-electron chi connectivity index (χ2n) is 3.68. The third-order valence-corrected chi connectivity index (χ3v) is 2.15. The van der Waals surface area contributed by atoms with E-state index in [1.807, 2.05) is 32.1 Å². The van der Waals surface area contributed by atoms with Gasteiger partial charge in [0.05, 0.1) is 10.7 Å². The van der Waals surface area contributed by atoms with E-state index in [2.05, 4.69) is 10.6 Å². The minimum Gasteiger partial charge on any atom is -0.315 e. The van der Waals surface area contributed by atoms with E-state index in [0.717, 1.165) is 0 Å². The van der Waals surface area contributed by atoms with Crippen molar-refractivity contribution < 1.29 is 4.79 Å². The summed E-state index contributed by atoms with van der Waals surface area (Å²) in [6, 6.07) is 6.79. The molecule has 16 heavy (non-hydrogen) atoms. The van der Waals surface area contributed by atoms with Crippen LogP contribution in [0.15, 0.2) is 36.5 Å². The van der Waals surface area contributed by atoms with Gasteiger partial charge in [0.25, 0.3) is 0 Å². The van der Waals surface area contributed by atoms with Gasteiger partial charge in [0.1, 0.15) is 0 Å².